The van der Waals surface area contributed by atoms with Gasteiger partial charge in [0.2, 0.25) is 11.9 Å². The largest absolute Gasteiger partial charge is 0.338 e. The number of quaternary nitrogens is 1. The molecule has 0 saturated carbocycles. The van der Waals surface area contributed by atoms with Gasteiger partial charge >= 0.3 is 12.1 Å². The molecule has 2 heterocycles. The number of carbonyl (C=O) groups is 2. The van der Waals surface area contributed by atoms with E-state index in [9.17, 15) is 14.4 Å². The summed E-state index contributed by atoms with van der Waals surface area (Å²) in [5, 5.41) is 13.7. The zero-order valence-corrected chi connectivity index (χ0v) is 19.7. The molecule has 0 saturated heterocycles. The van der Waals surface area contributed by atoms with Crippen LogP contribution in [0.4, 0.5) is 15.5 Å². The predicted molar refractivity (Wildman–Crippen MR) is 128 cm³/mol. The van der Waals surface area contributed by atoms with E-state index in [1.807, 2.05) is 6.92 Å². The van der Waals surface area contributed by atoms with Crippen molar-refractivity contribution in [1.82, 2.24) is 31.2 Å². The molecule has 12 nitrogen and oxygen atoms in total. The van der Waals surface area contributed by atoms with Crippen LogP contribution in [-0.2, 0) is 0 Å². The quantitative estimate of drug-likeness (QED) is 0.237. The van der Waals surface area contributed by atoms with Crippen molar-refractivity contribution >= 4 is 24.0 Å². The van der Waals surface area contributed by atoms with Crippen LogP contribution in [0.5, 0.6) is 0 Å². The molecule has 0 radical (unpaired) electrons. The predicted octanol–water partition coefficient (Wildman–Crippen LogP) is 0.732. The van der Waals surface area contributed by atoms with Gasteiger partial charge in [-0.2, -0.15) is 0 Å². The van der Waals surface area contributed by atoms with Crippen molar-refractivity contribution in [1.29, 1.82) is 0 Å². The molecule has 0 atom stereocenters. The fourth-order valence-corrected chi connectivity index (χ4v) is 3.21. The summed E-state index contributed by atoms with van der Waals surface area (Å²) in [6.45, 7) is 10.0. The molecule has 1 aromatic heterocycles. The zero-order chi connectivity index (χ0) is 24.4. The second-order valence-electron chi connectivity index (χ2n) is 8.48. The summed E-state index contributed by atoms with van der Waals surface area (Å²) in [5.74, 6) is 0.475. The maximum Gasteiger partial charge on any atom is 0.321 e. The Kier molecular flexibility index (Phi) is 9.16. The molecule has 12 heteroatoms. The highest BCUT2D eigenvalue weighted by molar-refractivity contribution is 5.98. The number of guanidine groups is 1. The van der Waals surface area contributed by atoms with E-state index in [0.717, 1.165) is 36.1 Å². The van der Waals surface area contributed by atoms with Crippen molar-refractivity contribution in [2.75, 3.05) is 45.6 Å². The molecule has 0 fully saturated rings. The molecule has 0 spiro atoms. The van der Waals surface area contributed by atoms with E-state index in [1.165, 1.54) is 6.07 Å². The smallest absolute Gasteiger partial charge is 0.321 e. The third-order valence-electron chi connectivity index (χ3n) is 4.74. The molecule has 4 amide bonds. The Bertz CT molecular complexity index is 995. The lowest BCUT2D eigenvalue weighted by atomic mass is 10.3. The highest BCUT2D eigenvalue weighted by atomic mass is 16.2. The second kappa shape index (κ2) is 11.8. The highest BCUT2D eigenvalue weighted by Gasteiger charge is 2.15. The SMILES string of the molecule is C=C1C=C(C)N=C(NC(=O)NCCC[N+](C)(C)CCCNC(=O)Nc2nc(C)cc(=O)[nH]2)N1. The molecule has 0 unspecified atom stereocenters. The number of allylic oxidation sites excluding steroid dienone is 2. The third-order valence-corrected chi connectivity index (χ3v) is 4.74. The Balaban J connectivity index is 1.59. The van der Waals surface area contributed by atoms with Crippen molar-refractivity contribution in [3.63, 3.8) is 0 Å². The number of rotatable bonds is 9. The Morgan fingerprint density at radius 3 is 2.24 bits per heavy atom. The molecule has 180 valence electrons. The fourth-order valence-electron chi connectivity index (χ4n) is 3.21. The maximum absolute atomic E-state index is 12.0. The standard InChI is InChI=1S/C21H33N9O3/c1-14-12-15(2)25-18(24-14)28-20(32)22-8-6-10-30(4,5)11-7-9-23-21(33)29-19-26-16(3)13-17(31)27-19/h12-13H,1,6-11H2,2-5H3,(H5-,22,23,24,25,26,27,28,29,31,32,33)/p+1. The van der Waals surface area contributed by atoms with Crippen LogP contribution in [0.2, 0.25) is 0 Å². The van der Waals surface area contributed by atoms with E-state index >= 15 is 0 Å². The number of aliphatic imine (C=N–C) groups is 1. The minimum absolute atomic E-state index is 0.119. The van der Waals surface area contributed by atoms with Gasteiger partial charge in [0.15, 0.2) is 0 Å². The van der Waals surface area contributed by atoms with Crippen molar-refractivity contribution in [3.8, 4) is 0 Å². The number of amides is 4. The number of aromatic nitrogens is 2. The van der Waals surface area contributed by atoms with Crippen LogP contribution in [0.1, 0.15) is 25.5 Å². The lowest BCUT2D eigenvalue weighted by Gasteiger charge is -2.30. The van der Waals surface area contributed by atoms with Crippen LogP contribution in [0.3, 0.4) is 0 Å². The van der Waals surface area contributed by atoms with Gasteiger partial charge in [-0.05, 0) is 19.9 Å². The van der Waals surface area contributed by atoms with E-state index in [0.29, 0.717) is 30.4 Å². The van der Waals surface area contributed by atoms with E-state index in [2.05, 4.69) is 62.2 Å². The number of hydrogen-bond acceptors (Lipinski definition) is 6. The number of H-pyrrole nitrogens is 1. The molecule has 1 aliphatic rings. The van der Waals surface area contributed by atoms with Crippen LogP contribution in [0, 0.1) is 6.92 Å². The van der Waals surface area contributed by atoms with Gasteiger partial charge < -0.3 is 20.4 Å². The first kappa shape index (κ1) is 25.6. The number of hydrogen-bond donors (Lipinski definition) is 6. The topological polar surface area (TPSA) is 152 Å². The third kappa shape index (κ3) is 9.99. The summed E-state index contributed by atoms with van der Waals surface area (Å²) >= 11 is 0. The number of carbonyl (C=O) groups excluding carboxylic acids is 2. The van der Waals surface area contributed by atoms with Gasteiger partial charge in [0.25, 0.3) is 5.56 Å². The number of aromatic amines is 1. The van der Waals surface area contributed by atoms with Gasteiger partial charge in [-0.25, -0.2) is 19.6 Å². The van der Waals surface area contributed by atoms with Crippen LogP contribution in [0.15, 0.2) is 39.9 Å². The minimum atomic E-state index is -0.421. The first-order valence-corrected chi connectivity index (χ1v) is 10.7. The molecular weight excluding hydrogens is 426 g/mol. The molecule has 1 aliphatic heterocycles. The lowest BCUT2D eigenvalue weighted by Crippen LogP contribution is -2.47. The van der Waals surface area contributed by atoms with Crippen molar-refractivity contribution in [3.05, 3.63) is 46.2 Å². The molecule has 6 N–H and O–H groups in total. The Labute approximate surface area is 193 Å². The zero-order valence-electron chi connectivity index (χ0n) is 19.7. The summed E-state index contributed by atoms with van der Waals surface area (Å²) in [6.07, 6.45) is 3.36. The van der Waals surface area contributed by atoms with Gasteiger partial charge in [-0.1, -0.05) is 6.58 Å². The van der Waals surface area contributed by atoms with Crippen molar-refractivity contribution < 1.29 is 14.1 Å². The Morgan fingerprint density at radius 1 is 1.06 bits per heavy atom. The second-order valence-corrected chi connectivity index (χ2v) is 8.48. The van der Waals surface area contributed by atoms with Gasteiger partial charge in [0.05, 0.1) is 27.2 Å². The highest BCUT2D eigenvalue weighted by Crippen LogP contribution is 2.04. The number of nitrogens with zero attached hydrogens (tertiary/aromatic N) is 3. The van der Waals surface area contributed by atoms with Crippen LogP contribution in [0.25, 0.3) is 0 Å². The molecule has 0 bridgehead atoms. The van der Waals surface area contributed by atoms with Gasteiger partial charge in [0, 0.05) is 49.1 Å². The van der Waals surface area contributed by atoms with E-state index in [-0.39, 0.29) is 17.5 Å². The van der Waals surface area contributed by atoms with Crippen LogP contribution >= 0.6 is 0 Å². The maximum atomic E-state index is 12.0. The number of urea groups is 2. The Hall–Kier alpha value is -3.67. The normalized spacial score (nSPS) is 13.4. The van der Waals surface area contributed by atoms with Crippen LogP contribution < -0.4 is 32.1 Å². The first-order chi connectivity index (χ1) is 15.5. The molecular formula is C21H34N9O3+. The molecule has 0 aromatic carbocycles. The number of anilines is 1. The van der Waals surface area contributed by atoms with E-state index in [1.54, 1.807) is 13.0 Å². The molecule has 0 aliphatic carbocycles. The summed E-state index contributed by atoms with van der Waals surface area (Å²) in [5.41, 5.74) is 1.64. The van der Waals surface area contributed by atoms with Gasteiger partial charge in [0.1, 0.15) is 0 Å². The molecule has 1 aromatic rings. The Morgan fingerprint density at radius 2 is 1.67 bits per heavy atom. The summed E-state index contributed by atoms with van der Waals surface area (Å²) in [6, 6.07) is 0.605. The number of nitrogens with one attached hydrogen (secondary N) is 6. The first-order valence-electron chi connectivity index (χ1n) is 10.7. The van der Waals surface area contributed by atoms with Crippen LogP contribution in [-0.4, -0.2) is 72.7 Å². The monoisotopic (exact) mass is 460 g/mol. The van der Waals surface area contributed by atoms with Crippen molar-refractivity contribution in [2.45, 2.75) is 26.7 Å². The number of aryl methyl sites for hydroxylation is 1. The van der Waals surface area contributed by atoms with Gasteiger partial charge in [-0.15, -0.1) is 0 Å². The fraction of sp³-hybridized carbons (Fsp3) is 0.476. The van der Waals surface area contributed by atoms with E-state index in [4.69, 9.17) is 0 Å². The molecule has 33 heavy (non-hydrogen) atoms. The minimum Gasteiger partial charge on any atom is -0.338 e. The van der Waals surface area contributed by atoms with E-state index < -0.39 is 6.03 Å². The van der Waals surface area contributed by atoms with Crippen molar-refractivity contribution in [2.24, 2.45) is 4.99 Å². The average molecular weight is 461 g/mol. The summed E-state index contributed by atoms with van der Waals surface area (Å²) in [4.78, 5) is 46.1. The average Bonchev–Trinajstić information content (AvgIpc) is 2.67. The van der Waals surface area contributed by atoms with Gasteiger partial charge in [-0.3, -0.25) is 20.4 Å². The lowest BCUT2D eigenvalue weighted by molar-refractivity contribution is -0.890. The summed E-state index contributed by atoms with van der Waals surface area (Å²) < 4.78 is 0.747. The molecule has 2 rings (SSSR count). The summed E-state index contributed by atoms with van der Waals surface area (Å²) in [7, 11) is 4.20.